The number of nitrogens with one attached hydrogen (secondary N) is 2. The number of carbonyl (C=O) groups excluding carboxylic acids is 1. The van der Waals surface area contributed by atoms with E-state index >= 15 is 0 Å². The van der Waals surface area contributed by atoms with Gasteiger partial charge in [-0.1, -0.05) is 18.2 Å². The van der Waals surface area contributed by atoms with Crippen LogP contribution in [-0.2, 0) is 21.2 Å². The van der Waals surface area contributed by atoms with E-state index in [9.17, 15) is 13.2 Å². The fourth-order valence-corrected chi connectivity index (χ4v) is 4.72. The molecular formula is C20H25N3O4S. The van der Waals surface area contributed by atoms with Crippen LogP contribution in [0.5, 0.6) is 5.75 Å². The molecule has 1 heterocycles. The molecule has 1 amide bonds. The van der Waals surface area contributed by atoms with Gasteiger partial charge in [-0.3, -0.25) is 4.79 Å². The third-order valence-corrected chi connectivity index (χ3v) is 6.24. The van der Waals surface area contributed by atoms with Crippen LogP contribution in [0.3, 0.4) is 0 Å². The molecule has 1 atom stereocenters. The van der Waals surface area contributed by atoms with E-state index in [4.69, 9.17) is 4.74 Å². The first-order chi connectivity index (χ1) is 13.3. The van der Waals surface area contributed by atoms with Crippen LogP contribution in [0.1, 0.15) is 19.4 Å². The van der Waals surface area contributed by atoms with E-state index in [-0.39, 0.29) is 29.1 Å². The molecule has 8 heteroatoms. The first-order valence-electron chi connectivity index (χ1n) is 9.11. The number of ether oxygens (including phenoxy) is 1. The van der Waals surface area contributed by atoms with Crippen molar-refractivity contribution in [1.29, 1.82) is 0 Å². The number of sulfonamides is 1. The summed E-state index contributed by atoms with van der Waals surface area (Å²) in [5.41, 5.74) is 2.83. The number of benzene rings is 2. The van der Waals surface area contributed by atoms with Crippen LogP contribution in [0.15, 0.2) is 47.4 Å². The normalized spacial score (nSPS) is 14.5. The van der Waals surface area contributed by atoms with Crippen molar-refractivity contribution in [3.63, 3.8) is 0 Å². The average Bonchev–Trinajstić information content (AvgIpc) is 3.10. The molecule has 2 aromatic carbocycles. The molecule has 1 aliphatic heterocycles. The SMILES string of the molecule is COc1ccc(NC(C)=O)cc1S(=O)(=O)NC[C@H](C)N1CCc2ccccc21. The van der Waals surface area contributed by atoms with Crippen LogP contribution in [0, 0.1) is 0 Å². The zero-order chi connectivity index (χ0) is 20.3. The van der Waals surface area contributed by atoms with E-state index in [0.717, 1.165) is 18.7 Å². The van der Waals surface area contributed by atoms with Gasteiger partial charge in [-0.2, -0.15) is 0 Å². The van der Waals surface area contributed by atoms with Gasteiger partial charge in [0.25, 0.3) is 0 Å². The Balaban J connectivity index is 1.76. The van der Waals surface area contributed by atoms with Crippen molar-refractivity contribution < 1.29 is 17.9 Å². The van der Waals surface area contributed by atoms with E-state index in [1.165, 1.54) is 31.7 Å². The molecule has 0 fully saturated rings. The highest BCUT2D eigenvalue weighted by atomic mass is 32.2. The summed E-state index contributed by atoms with van der Waals surface area (Å²) in [5.74, 6) is -0.0523. The minimum atomic E-state index is -3.82. The minimum Gasteiger partial charge on any atom is -0.495 e. The summed E-state index contributed by atoms with van der Waals surface area (Å²) in [7, 11) is -2.40. The number of hydrogen-bond acceptors (Lipinski definition) is 5. The quantitative estimate of drug-likeness (QED) is 0.741. The molecule has 3 rings (SSSR count). The smallest absolute Gasteiger partial charge is 0.244 e. The molecule has 2 N–H and O–H groups in total. The molecule has 1 aliphatic rings. The number of anilines is 2. The summed E-state index contributed by atoms with van der Waals surface area (Å²) >= 11 is 0. The molecule has 0 radical (unpaired) electrons. The molecule has 0 spiro atoms. The van der Waals surface area contributed by atoms with Crippen LogP contribution < -0.4 is 19.7 Å². The third kappa shape index (κ3) is 4.28. The summed E-state index contributed by atoms with van der Waals surface area (Å²) in [6.07, 6.45) is 0.958. The standard InChI is InChI=1S/C20H25N3O4S/c1-14(23-11-10-16-6-4-5-7-18(16)23)13-21-28(25,26)20-12-17(22-15(2)24)8-9-19(20)27-3/h4-9,12,14,21H,10-11,13H2,1-3H3,(H,22,24)/t14-/m0/s1. The van der Waals surface area contributed by atoms with Crippen molar-refractivity contribution in [3.05, 3.63) is 48.0 Å². The van der Waals surface area contributed by atoms with E-state index in [0.29, 0.717) is 5.69 Å². The Morgan fingerprint density at radius 3 is 2.71 bits per heavy atom. The number of para-hydroxylation sites is 1. The minimum absolute atomic E-state index is 0.00438. The van der Waals surface area contributed by atoms with Crippen molar-refractivity contribution in [3.8, 4) is 5.75 Å². The molecule has 0 saturated carbocycles. The van der Waals surface area contributed by atoms with E-state index in [1.54, 1.807) is 6.07 Å². The van der Waals surface area contributed by atoms with Crippen molar-refractivity contribution in [2.45, 2.75) is 31.2 Å². The number of fused-ring (bicyclic) bond motifs is 1. The van der Waals surface area contributed by atoms with Crippen LogP contribution in [0.4, 0.5) is 11.4 Å². The zero-order valence-corrected chi connectivity index (χ0v) is 17.0. The molecule has 7 nitrogen and oxygen atoms in total. The molecule has 28 heavy (non-hydrogen) atoms. The highest BCUT2D eigenvalue weighted by Gasteiger charge is 2.26. The molecular weight excluding hydrogens is 378 g/mol. The molecule has 2 aromatic rings. The van der Waals surface area contributed by atoms with Gasteiger partial charge in [0.1, 0.15) is 10.6 Å². The maximum absolute atomic E-state index is 12.9. The van der Waals surface area contributed by atoms with Crippen molar-refractivity contribution >= 4 is 27.3 Å². The number of rotatable bonds is 7. The lowest BCUT2D eigenvalue weighted by Gasteiger charge is -2.27. The second-order valence-electron chi connectivity index (χ2n) is 6.82. The van der Waals surface area contributed by atoms with E-state index in [1.807, 2.05) is 19.1 Å². The Morgan fingerprint density at radius 2 is 2.00 bits per heavy atom. The fourth-order valence-electron chi connectivity index (χ4n) is 3.41. The van der Waals surface area contributed by atoms with Crippen LogP contribution >= 0.6 is 0 Å². The van der Waals surface area contributed by atoms with Crippen LogP contribution in [0.2, 0.25) is 0 Å². The third-order valence-electron chi connectivity index (χ3n) is 4.80. The van der Waals surface area contributed by atoms with Gasteiger partial charge in [0.05, 0.1) is 7.11 Å². The predicted octanol–water partition coefficient (Wildman–Crippen LogP) is 2.38. The van der Waals surface area contributed by atoms with Gasteiger partial charge in [-0.15, -0.1) is 0 Å². The molecule has 0 unspecified atom stereocenters. The Labute approximate surface area is 165 Å². The molecule has 0 aliphatic carbocycles. The Morgan fingerprint density at radius 1 is 1.25 bits per heavy atom. The lowest BCUT2D eigenvalue weighted by atomic mass is 10.2. The second-order valence-corrected chi connectivity index (χ2v) is 8.56. The monoisotopic (exact) mass is 403 g/mol. The molecule has 150 valence electrons. The van der Waals surface area contributed by atoms with Crippen molar-refractivity contribution in [2.75, 3.05) is 30.4 Å². The Kier molecular flexibility index (Phi) is 5.90. The van der Waals surface area contributed by atoms with Gasteiger partial charge in [0.15, 0.2) is 0 Å². The molecule has 0 bridgehead atoms. The number of nitrogens with zero attached hydrogens (tertiary/aromatic N) is 1. The first-order valence-corrected chi connectivity index (χ1v) is 10.6. The maximum Gasteiger partial charge on any atom is 0.244 e. The number of hydrogen-bond donors (Lipinski definition) is 2. The number of methoxy groups -OCH3 is 1. The Bertz CT molecular complexity index is 975. The van der Waals surface area contributed by atoms with Gasteiger partial charge >= 0.3 is 0 Å². The van der Waals surface area contributed by atoms with Gasteiger partial charge in [-0.05, 0) is 43.2 Å². The van der Waals surface area contributed by atoms with Crippen LogP contribution in [-0.4, -0.2) is 40.6 Å². The first kappa shape index (κ1) is 20.2. The fraction of sp³-hybridized carbons (Fsp3) is 0.350. The summed E-state index contributed by atoms with van der Waals surface area (Å²) in [5, 5.41) is 2.59. The lowest BCUT2D eigenvalue weighted by Crippen LogP contribution is -2.41. The number of carbonyl (C=O) groups is 1. The lowest BCUT2D eigenvalue weighted by molar-refractivity contribution is -0.114. The maximum atomic E-state index is 12.9. The highest BCUT2D eigenvalue weighted by molar-refractivity contribution is 7.89. The van der Waals surface area contributed by atoms with Gasteiger partial charge in [-0.25, -0.2) is 13.1 Å². The summed E-state index contributed by atoms with van der Waals surface area (Å²) in [6, 6.07) is 12.7. The second kappa shape index (κ2) is 8.20. The zero-order valence-electron chi connectivity index (χ0n) is 16.2. The van der Waals surface area contributed by atoms with Gasteiger partial charge in [0.2, 0.25) is 15.9 Å². The topological polar surface area (TPSA) is 87.7 Å². The van der Waals surface area contributed by atoms with Crippen molar-refractivity contribution in [1.82, 2.24) is 4.72 Å². The van der Waals surface area contributed by atoms with Gasteiger partial charge in [0, 0.05) is 37.4 Å². The highest BCUT2D eigenvalue weighted by Crippen LogP contribution is 2.30. The largest absolute Gasteiger partial charge is 0.495 e. The Hall–Kier alpha value is -2.58. The summed E-state index contributed by atoms with van der Waals surface area (Å²) in [4.78, 5) is 13.5. The number of amides is 1. The average molecular weight is 404 g/mol. The van der Waals surface area contributed by atoms with Gasteiger partial charge < -0.3 is 15.0 Å². The van der Waals surface area contributed by atoms with E-state index < -0.39 is 10.0 Å². The molecule has 0 saturated heterocycles. The summed E-state index contributed by atoms with van der Waals surface area (Å²) < 4.78 is 33.7. The van der Waals surface area contributed by atoms with Crippen molar-refractivity contribution in [2.24, 2.45) is 0 Å². The predicted molar refractivity (Wildman–Crippen MR) is 109 cm³/mol. The molecule has 0 aromatic heterocycles. The van der Waals surface area contributed by atoms with Crippen LogP contribution in [0.25, 0.3) is 0 Å². The van der Waals surface area contributed by atoms with E-state index in [2.05, 4.69) is 27.1 Å². The summed E-state index contributed by atoms with van der Waals surface area (Å²) in [6.45, 7) is 4.48.